The Morgan fingerprint density at radius 1 is 1.13 bits per heavy atom. The molecule has 0 aromatic heterocycles. The summed E-state index contributed by atoms with van der Waals surface area (Å²) in [4.78, 5) is 29.7. The summed E-state index contributed by atoms with van der Waals surface area (Å²) >= 11 is 2.00. The van der Waals surface area contributed by atoms with Gasteiger partial charge in [-0.3, -0.25) is 14.5 Å². The van der Waals surface area contributed by atoms with Crippen LogP contribution in [0.4, 0.5) is 11.4 Å². The van der Waals surface area contributed by atoms with Crippen molar-refractivity contribution in [2.24, 2.45) is 5.92 Å². The molecule has 2 amide bonds. The maximum Gasteiger partial charge on any atom is 0.229 e. The van der Waals surface area contributed by atoms with E-state index in [1.54, 1.807) is 4.90 Å². The lowest BCUT2D eigenvalue weighted by Gasteiger charge is -2.26. The molecule has 0 bridgehead atoms. The molecule has 0 saturated carbocycles. The fourth-order valence-corrected chi connectivity index (χ4v) is 5.13. The molecule has 2 aromatic carbocycles. The number of carbonyl (C=O) groups excluding carboxylic acids is 2. The lowest BCUT2D eigenvalue weighted by atomic mass is 10.1. The number of hydrogen-bond acceptors (Lipinski definition) is 4. The largest absolute Gasteiger partial charge is 0.326 e. The molecule has 1 atom stereocenters. The summed E-state index contributed by atoms with van der Waals surface area (Å²) in [5.74, 6) is 1.97. The van der Waals surface area contributed by atoms with Crippen molar-refractivity contribution in [1.29, 1.82) is 0 Å². The lowest BCUT2D eigenvalue weighted by molar-refractivity contribution is -0.122. The Morgan fingerprint density at radius 3 is 2.70 bits per heavy atom. The second-order valence-corrected chi connectivity index (χ2v) is 9.43. The van der Waals surface area contributed by atoms with Crippen LogP contribution in [0, 0.1) is 19.8 Å². The number of aryl methyl sites for hydroxylation is 1. The third kappa shape index (κ3) is 4.71. The smallest absolute Gasteiger partial charge is 0.229 e. The molecule has 2 aliphatic rings. The molecule has 158 valence electrons. The number of carbonyl (C=O) groups is 2. The van der Waals surface area contributed by atoms with Crippen LogP contribution in [0.2, 0.25) is 0 Å². The van der Waals surface area contributed by atoms with Gasteiger partial charge >= 0.3 is 0 Å². The molecule has 0 unspecified atom stereocenters. The molecule has 6 heteroatoms. The Kier molecular flexibility index (Phi) is 6.44. The molecule has 1 N–H and O–H groups in total. The Hall–Kier alpha value is -2.31. The Bertz CT molecular complexity index is 940. The molecule has 2 aliphatic heterocycles. The van der Waals surface area contributed by atoms with Crippen LogP contribution >= 0.6 is 11.8 Å². The summed E-state index contributed by atoms with van der Waals surface area (Å²) in [5, 5.41) is 3.04. The molecule has 0 aliphatic carbocycles. The van der Waals surface area contributed by atoms with E-state index >= 15 is 0 Å². The Labute approximate surface area is 182 Å². The Balaban J connectivity index is 1.40. The highest BCUT2D eigenvalue weighted by molar-refractivity contribution is 7.99. The van der Waals surface area contributed by atoms with E-state index < -0.39 is 0 Å². The molecule has 2 fully saturated rings. The number of rotatable bonds is 5. The summed E-state index contributed by atoms with van der Waals surface area (Å²) in [5.41, 5.74) is 5.17. The van der Waals surface area contributed by atoms with Crippen LogP contribution in [0.1, 0.15) is 23.1 Å². The maximum absolute atomic E-state index is 12.9. The first-order valence-corrected chi connectivity index (χ1v) is 11.7. The van der Waals surface area contributed by atoms with Crippen LogP contribution in [0.25, 0.3) is 0 Å². The predicted molar refractivity (Wildman–Crippen MR) is 124 cm³/mol. The lowest BCUT2D eigenvalue weighted by Crippen LogP contribution is -2.32. The van der Waals surface area contributed by atoms with Crippen molar-refractivity contribution in [1.82, 2.24) is 4.90 Å². The topological polar surface area (TPSA) is 52.7 Å². The molecular weight excluding hydrogens is 394 g/mol. The van der Waals surface area contributed by atoms with Crippen molar-refractivity contribution in [3.63, 3.8) is 0 Å². The molecule has 2 heterocycles. The van der Waals surface area contributed by atoms with Crippen molar-refractivity contribution >= 4 is 35.0 Å². The van der Waals surface area contributed by atoms with Gasteiger partial charge in [0.2, 0.25) is 11.8 Å². The first-order chi connectivity index (χ1) is 14.5. The molecule has 0 radical (unpaired) electrons. The third-order valence-electron chi connectivity index (χ3n) is 6.07. The normalized spacial score (nSPS) is 19.9. The number of nitrogens with one attached hydrogen (secondary N) is 1. The molecule has 5 nitrogen and oxygen atoms in total. The average molecular weight is 424 g/mol. The predicted octanol–water partition coefficient (Wildman–Crippen LogP) is 3.84. The van der Waals surface area contributed by atoms with Gasteiger partial charge in [0.25, 0.3) is 0 Å². The van der Waals surface area contributed by atoms with Crippen molar-refractivity contribution in [2.75, 3.05) is 41.4 Å². The SMILES string of the molecule is Cc1cccc(N2C[C@H](C(=O)Nc3cccc(CN4CCSCC4)c3)CC2=O)c1C. The van der Waals surface area contributed by atoms with Gasteiger partial charge in [0.05, 0.1) is 5.92 Å². The summed E-state index contributed by atoms with van der Waals surface area (Å²) in [6.45, 7) is 7.63. The molecule has 2 saturated heterocycles. The zero-order chi connectivity index (χ0) is 21.1. The van der Waals surface area contributed by atoms with E-state index in [1.165, 1.54) is 17.1 Å². The first-order valence-electron chi connectivity index (χ1n) is 10.6. The van der Waals surface area contributed by atoms with Gasteiger partial charge in [-0.15, -0.1) is 0 Å². The minimum Gasteiger partial charge on any atom is -0.326 e. The van der Waals surface area contributed by atoms with E-state index in [0.29, 0.717) is 6.54 Å². The maximum atomic E-state index is 12.9. The van der Waals surface area contributed by atoms with Crippen molar-refractivity contribution in [2.45, 2.75) is 26.8 Å². The van der Waals surface area contributed by atoms with Gasteiger partial charge in [0.15, 0.2) is 0 Å². The second kappa shape index (κ2) is 9.23. The van der Waals surface area contributed by atoms with Crippen LogP contribution in [0.3, 0.4) is 0 Å². The van der Waals surface area contributed by atoms with Crippen LogP contribution in [-0.4, -0.2) is 47.9 Å². The van der Waals surface area contributed by atoms with E-state index in [1.807, 2.05) is 55.9 Å². The van der Waals surface area contributed by atoms with Crippen molar-refractivity contribution in [3.8, 4) is 0 Å². The van der Waals surface area contributed by atoms with Crippen LogP contribution < -0.4 is 10.2 Å². The highest BCUT2D eigenvalue weighted by Crippen LogP contribution is 2.30. The van der Waals surface area contributed by atoms with E-state index in [9.17, 15) is 9.59 Å². The molecule has 4 rings (SSSR count). The molecular formula is C24H29N3O2S. The third-order valence-corrected chi connectivity index (χ3v) is 7.01. The van der Waals surface area contributed by atoms with Gasteiger partial charge in [-0.05, 0) is 48.7 Å². The summed E-state index contributed by atoms with van der Waals surface area (Å²) < 4.78 is 0. The number of amides is 2. The van der Waals surface area contributed by atoms with Gasteiger partial charge in [-0.1, -0.05) is 24.3 Å². The van der Waals surface area contributed by atoms with Crippen LogP contribution in [0.15, 0.2) is 42.5 Å². The van der Waals surface area contributed by atoms with Crippen molar-refractivity contribution in [3.05, 3.63) is 59.2 Å². The summed E-state index contributed by atoms with van der Waals surface area (Å²) in [7, 11) is 0. The fourth-order valence-electron chi connectivity index (χ4n) is 4.15. The first kappa shape index (κ1) is 20.9. The monoisotopic (exact) mass is 423 g/mol. The van der Waals surface area contributed by atoms with Gasteiger partial charge in [0.1, 0.15) is 0 Å². The van der Waals surface area contributed by atoms with Crippen LogP contribution in [-0.2, 0) is 16.1 Å². The zero-order valence-electron chi connectivity index (χ0n) is 17.7. The van der Waals surface area contributed by atoms with Gasteiger partial charge in [0, 0.05) is 55.5 Å². The van der Waals surface area contributed by atoms with Gasteiger partial charge in [-0.25, -0.2) is 0 Å². The van der Waals surface area contributed by atoms with Crippen LogP contribution in [0.5, 0.6) is 0 Å². The molecule has 0 spiro atoms. The molecule has 30 heavy (non-hydrogen) atoms. The highest BCUT2D eigenvalue weighted by Gasteiger charge is 2.35. The quantitative estimate of drug-likeness (QED) is 0.794. The molecule has 2 aromatic rings. The van der Waals surface area contributed by atoms with E-state index in [-0.39, 0.29) is 24.2 Å². The minimum atomic E-state index is -0.333. The summed E-state index contributed by atoms with van der Waals surface area (Å²) in [6.07, 6.45) is 0.254. The highest BCUT2D eigenvalue weighted by atomic mass is 32.2. The minimum absolute atomic E-state index is 0.0144. The Morgan fingerprint density at radius 2 is 1.90 bits per heavy atom. The van der Waals surface area contributed by atoms with E-state index in [4.69, 9.17) is 0 Å². The number of hydrogen-bond donors (Lipinski definition) is 1. The van der Waals surface area contributed by atoms with Gasteiger partial charge in [-0.2, -0.15) is 11.8 Å². The average Bonchev–Trinajstić information content (AvgIpc) is 3.13. The van der Waals surface area contributed by atoms with E-state index in [0.717, 1.165) is 42.1 Å². The van der Waals surface area contributed by atoms with Gasteiger partial charge < -0.3 is 10.2 Å². The standard InChI is InChI=1S/C24H29N3O2S/c1-17-5-3-8-22(18(17)2)27-16-20(14-23(27)28)24(29)25-21-7-4-6-19(13-21)15-26-9-11-30-12-10-26/h3-8,13,20H,9-12,14-16H2,1-2H3,(H,25,29)/t20-/m1/s1. The second-order valence-electron chi connectivity index (χ2n) is 8.20. The van der Waals surface area contributed by atoms with Crippen molar-refractivity contribution < 1.29 is 9.59 Å². The number of benzene rings is 2. The summed E-state index contributed by atoms with van der Waals surface area (Å²) in [6, 6.07) is 14.0. The number of thioether (sulfide) groups is 1. The number of anilines is 2. The fraction of sp³-hybridized carbons (Fsp3) is 0.417. The number of nitrogens with zero attached hydrogens (tertiary/aromatic N) is 2. The van der Waals surface area contributed by atoms with E-state index in [2.05, 4.69) is 22.3 Å². The zero-order valence-corrected chi connectivity index (χ0v) is 18.5.